The van der Waals surface area contributed by atoms with Gasteiger partial charge >= 0.3 is 0 Å². The summed E-state index contributed by atoms with van der Waals surface area (Å²) in [6.45, 7) is 8.93. The predicted molar refractivity (Wildman–Crippen MR) is 76.7 cm³/mol. The van der Waals surface area contributed by atoms with E-state index >= 15 is 0 Å². The van der Waals surface area contributed by atoms with Gasteiger partial charge < -0.3 is 10.6 Å². The number of rotatable bonds is 3. The minimum Gasteiger partial charge on any atom is -0.357 e. The maximum atomic E-state index is 5.93. The van der Waals surface area contributed by atoms with E-state index < -0.39 is 0 Å². The Kier molecular flexibility index (Phi) is 3.91. The third-order valence-corrected chi connectivity index (χ3v) is 4.44. The first kappa shape index (κ1) is 13.3. The quantitative estimate of drug-likeness (QED) is 0.892. The molecule has 1 aliphatic rings. The molecule has 2 rings (SSSR count). The lowest BCUT2D eigenvalue weighted by molar-refractivity contribution is 0.238. The van der Waals surface area contributed by atoms with Gasteiger partial charge in [0.05, 0.1) is 0 Å². The number of anilines is 1. The molecule has 0 bridgehead atoms. The maximum Gasteiger partial charge on any atom is 0.128 e. The number of nitrogens with zero attached hydrogens (tertiary/aromatic N) is 2. The van der Waals surface area contributed by atoms with Crippen LogP contribution in [-0.4, -0.2) is 18.1 Å². The summed E-state index contributed by atoms with van der Waals surface area (Å²) in [5.74, 6) is 1.09. The fourth-order valence-corrected chi connectivity index (χ4v) is 2.52. The largest absolute Gasteiger partial charge is 0.357 e. The Morgan fingerprint density at radius 3 is 2.67 bits per heavy atom. The molecule has 1 aromatic heterocycles. The van der Waals surface area contributed by atoms with Crippen LogP contribution in [0.2, 0.25) is 0 Å². The lowest BCUT2D eigenvalue weighted by atomic mass is 9.78. The second-order valence-corrected chi connectivity index (χ2v) is 5.89. The summed E-state index contributed by atoms with van der Waals surface area (Å²) in [6, 6.07) is 4.23. The fraction of sp³-hybridized carbons (Fsp3) is 0.667. The second-order valence-electron chi connectivity index (χ2n) is 5.89. The van der Waals surface area contributed by atoms with Crippen molar-refractivity contribution in [3.8, 4) is 0 Å². The van der Waals surface area contributed by atoms with E-state index in [-0.39, 0.29) is 6.04 Å². The van der Waals surface area contributed by atoms with Crippen molar-refractivity contribution in [1.82, 2.24) is 4.98 Å². The molecule has 1 aliphatic heterocycles. The summed E-state index contributed by atoms with van der Waals surface area (Å²) in [7, 11) is 0. The molecule has 0 aliphatic carbocycles. The van der Waals surface area contributed by atoms with Crippen molar-refractivity contribution in [2.75, 3.05) is 18.0 Å². The van der Waals surface area contributed by atoms with E-state index in [1.807, 2.05) is 19.2 Å². The first-order valence-electron chi connectivity index (χ1n) is 7.00. The van der Waals surface area contributed by atoms with Crippen molar-refractivity contribution < 1.29 is 0 Å². The molecular formula is C15H25N3. The molecule has 1 saturated heterocycles. The number of nitrogens with two attached hydrogens (primary N) is 1. The molecule has 2 N–H and O–H groups in total. The van der Waals surface area contributed by atoms with Gasteiger partial charge in [-0.15, -0.1) is 0 Å². The van der Waals surface area contributed by atoms with Crippen molar-refractivity contribution in [2.45, 2.75) is 46.1 Å². The van der Waals surface area contributed by atoms with Crippen molar-refractivity contribution in [1.29, 1.82) is 0 Å². The molecule has 3 heteroatoms. The highest BCUT2D eigenvalue weighted by atomic mass is 15.2. The van der Waals surface area contributed by atoms with Gasteiger partial charge in [0.15, 0.2) is 0 Å². The van der Waals surface area contributed by atoms with Crippen molar-refractivity contribution in [2.24, 2.45) is 11.1 Å². The van der Waals surface area contributed by atoms with Crippen LogP contribution in [0.1, 0.15) is 51.6 Å². The zero-order valence-electron chi connectivity index (χ0n) is 11.8. The minimum atomic E-state index is 0.0810. The Labute approximate surface area is 110 Å². The summed E-state index contributed by atoms with van der Waals surface area (Å²) in [4.78, 5) is 6.88. The Bertz CT molecular complexity index is 392. The molecule has 1 unspecified atom stereocenters. The summed E-state index contributed by atoms with van der Waals surface area (Å²) < 4.78 is 0. The number of hydrogen-bond donors (Lipinski definition) is 1. The molecule has 1 fully saturated rings. The molecular weight excluding hydrogens is 222 g/mol. The predicted octanol–water partition coefficient (Wildman–Crippen LogP) is 3.12. The molecule has 0 amide bonds. The Balaban J connectivity index is 2.07. The SMILES string of the molecule is CCC1(C)CCN(c2cc(C(C)N)ccn2)CC1. The van der Waals surface area contributed by atoms with Gasteiger partial charge in [-0.1, -0.05) is 20.3 Å². The molecule has 0 radical (unpaired) electrons. The lowest BCUT2D eigenvalue weighted by Crippen LogP contribution is -2.38. The zero-order chi connectivity index (χ0) is 13.2. The summed E-state index contributed by atoms with van der Waals surface area (Å²) in [5.41, 5.74) is 7.62. The smallest absolute Gasteiger partial charge is 0.128 e. The van der Waals surface area contributed by atoms with Crippen LogP contribution in [0.5, 0.6) is 0 Å². The molecule has 1 atom stereocenters. The van der Waals surface area contributed by atoms with E-state index in [1.54, 1.807) is 0 Å². The van der Waals surface area contributed by atoms with Gasteiger partial charge in [0.1, 0.15) is 5.82 Å². The normalized spacial score (nSPS) is 20.8. The molecule has 3 nitrogen and oxygen atoms in total. The van der Waals surface area contributed by atoms with Crippen LogP contribution in [0, 0.1) is 5.41 Å². The van der Waals surface area contributed by atoms with E-state index in [4.69, 9.17) is 5.73 Å². The molecule has 18 heavy (non-hydrogen) atoms. The topological polar surface area (TPSA) is 42.1 Å². The minimum absolute atomic E-state index is 0.0810. The van der Waals surface area contributed by atoms with Crippen molar-refractivity contribution >= 4 is 5.82 Å². The Morgan fingerprint density at radius 1 is 1.44 bits per heavy atom. The maximum absolute atomic E-state index is 5.93. The standard InChI is InChI=1S/C15H25N3/c1-4-15(3)6-9-18(10-7-15)14-11-13(12(2)16)5-8-17-14/h5,8,11-12H,4,6-7,9-10,16H2,1-3H3. The van der Waals surface area contributed by atoms with Gasteiger partial charge in [-0.25, -0.2) is 4.98 Å². The molecule has 1 aromatic rings. The molecule has 0 saturated carbocycles. The number of hydrogen-bond acceptors (Lipinski definition) is 3. The van der Waals surface area contributed by atoms with Crippen LogP contribution >= 0.6 is 0 Å². The highest BCUT2D eigenvalue weighted by Gasteiger charge is 2.28. The van der Waals surface area contributed by atoms with Crippen molar-refractivity contribution in [3.63, 3.8) is 0 Å². The van der Waals surface area contributed by atoms with E-state index in [9.17, 15) is 0 Å². The van der Waals surface area contributed by atoms with Crippen LogP contribution < -0.4 is 10.6 Å². The third-order valence-electron chi connectivity index (χ3n) is 4.44. The molecule has 2 heterocycles. The van der Waals surface area contributed by atoms with Crippen LogP contribution in [0.15, 0.2) is 18.3 Å². The number of aromatic nitrogens is 1. The fourth-order valence-electron chi connectivity index (χ4n) is 2.52. The first-order chi connectivity index (χ1) is 8.54. The average Bonchev–Trinajstić information content (AvgIpc) is 2.40. The summed E-state index contributed by atoms with van der Waals surface area (Å²) in [6.07, 6.45) is 5.66. The second kappa shape index (κ2) is 5.27. The zero-order valence-corrected chi connectivity index (χ0v) is 11.8. The lowest BCUT2D eigenvalue weighted by Gasteiger charge is -2.39. The van der Waals surface area contributed by atoms with Crippen LogP contribution in [0.4, 0.5) is 5.82 Å². The van der Waals surface area contributed by atoms with E-state index in [1.165, 1.54) is 24.8 Å². The molecule has 100 valence electrons. The van der Waals surface area contributed by atoms with Gasteiger partial charge in [-0.05, 0) is 42.9 Å². The monoisotopic (exact) mass is 247 g/mol. The van der Waals surface area contributed by atoms with E-state index in [2.05, 4.69) is 29.8 Å². The molecule has 0 aromatic carbocycles. The highest BCUT2D eigenvalue weighted by molar-refractivity contribution is 5.42. The third kappa shape index (κ3) is 2.83. The molecule has 0 spiro atoms. The Hall–Kier alpha value is -1.09. The van der Waals surface area contributed by atoms with Gasteiger partial charge in [0.25, 0.3) is 0 Å². The van der Waals surface area contributed by atoms with Crippen LogP contribution in [0.25, 0.3) is 0 Å². The van der Waals surface area contributed by atoms with Crippen LogP contribution in [-0.2, 0) is 0 Å². The first-order valence-corrected chi connectivity index (χ1v) is 7.00. The van der Waals surface area contributed by atoms with Crippen LogP contribution in [0.3, 0.4) is 0 Å². The van der Waals surface area contributed by atoms with E-state index in [0.29, 0.717) is 5.41 Å². The average molecular weight is 247 g/mol. The van der Waals surface area contributed by atoms with E-state index in [0.717, 1.165) is 18.9 Å². The van der Waals surface area contributed by atoms with Gasteiger partial charge in [0.2, 0.25) is 0 Å². The highest BCUT2D eigenvalue weighted by Crippen LogP contribution is 2.35. The van der Waals surface area contributed by atoms with Gasteiger partial charge in [-0.2, -0.15) is 0 Å². The van der Waals surface area contributed by atoms with Gasteiger partial charge in [-0.3, -0.25) is 0 Å². The summed E-state index contributed by atoms with van der Waals surface area (Å²) in [5, 5.41) is 0. The van der Waals surface area contributed by atoms with Crippen molar-refractivity contribution in [3.05, 3.63) is 23.9 Å². The number of piperidine rings is 1. The Morgan fingerprint density at radius 2 is 2.11 bits per heavy atom. The van der Waals surface area contributed by atoms with Gasteiger partial charge in [0, 0.05) is 25.3 Å². The number of pyridine rings is 1. The summed E-state index contributed by atoms with van der Waals surface area (Å²) >= 11 is 0.